The van der Waals surface area contributed by atoms with Gasteiger partial charge in [-0.3, -0.25) is 0 Å². The highest BCUT2D eigenvalue weighted by molar-refractivity contribution is 5.95. The van der Waals surface area contributed by atoms with E-state index in [1.807, 2.05) is 6.92 Å². The number of likely N-dealkylation sites (N-methyl/N-ethyl adjacent to an activating group) is 1. The minimum Gasteiger partial charge on any atom is -0.478 e. The average Bonchev–Trinajstić information content (AvgIpc) is 2.40. The fraction of sp³-hybridized carbons (Fsp3) is 0.429. The lowest BCUT2D eigenvalue weighted by Crippen LogP contribution is -2.34. The van der Waals surface area contributed by atoms with Gasteiger partial charge in [0.05, 0.1) is 12.2 Å². The number of amides is 2. The minimum atomic E-state index is -1.01. The maximum absolute atomic E-state index is 12.0. The van der Waals surface area contributed by atoms with Gasteiger partial charge in [-0.15, -0.1) is 0 Å². The second-order valence-corrected chi connectivity index (χ2v) is 4.33. The van der Waals surface area contributed by atoms with E-state index in [1.54, 1.807) is 26.1 Å². The lowest BCUT2D eigenvalue weighted by atomic mass is 10.1. The van der Waals surface area contributed by atoms with Crippen LogP contribution in [-0.2, 0) is 4.74 Å². The van der Waals surface area contributed by atoms with Crippen molar-refractivity contribution in [3.8, 4) is 0 Å². The summed E-state index contributed by atoms with van der Waals surface area (Å²) in [5, 5.41) is 11.7. The molecule has 2 N–H and O–H groups in total. The summed E-state index contributed by atoms with van der Waals surface area (Å²) in [6.45, 7) is 5.10. The monoisotopic (exact) mass is 280 g/mol. The number of nitrogens with zero attached hydrogens (tertiary/aromatic N) is 1. The zero-order valence-electron chi connectivity index (χ0n) is 12.0. The van der Waals surface area contributed by atoms with E-state index in [4.69, 9.17) is 9.84 Å². The summed E-state index contributed by atoms with van der Waals surface area (Å²) in [5.74, 6) is -1.01. The molecule has 0 saturated carbocycles. The molecule has 0 atom stereocenters. The van der Waals surface area contributed by atoms with Gasteiger partial charge in [-0.25, -0.2) is 9.59 Å². The van der Waals surface area contributed by atoms with Crippen LogP contribution in [-0.4, -0.2) is 48.8 Å². The van der Waals surface area contributed by atoms with Crippen molar-refractivity contribution >= 4 is 17.7 Å². The molecular weight excluding hydrogens is 260 g/mol. The van der Waals surface area contributed by atoms with Crippen molar-refractivity contribution in [3.05, 3.63) is 29.3 Å². The summed E-state index contributed by atoms with van der Waals surface area (Å²) < 4.78 is 5.18. The summed E-state index contributed by atoms with van der Waals surface area (Å²) in [6.07, 6.45) is 0. The third-order valence-electron chi connectivity index (χ3n) is 2.93. The Kier molecular flexibility index (Phi) is 5.99. The molecule has 0 aromatic heterocycles. The number of aromatic carboxylic acids is 1. The number of benzene rings is 1. The Balaban J connectivity index is 2.71. The molecule has 6 nitrogen and oxygen atoms in total. The summed E-state index contributed by atoms with van der Waals surface area (Å²) in [4.78, 5) is 24.5. The van der Waals surface area contributed by atoms with Crippen molar-refractivity contribution in [2.24, 2.45) is 0 Å². The van der Waals surface area contributed by atoms with Crippen LogP contribution in [0.1, 0.15) is 22.8 Å². The number of ether oxygens (including phenoxy) is 1. The van der Waals surface area contributed by atoms with Gasteiger partial charge in [0.2, 0.25) is 0 Å². The minimum absolute atomic E-state index is 0.180. The third kappa shape index (κ3) is 4.24. The molecule has 1 rings (SSSR count). The zero-order chi connectivity index (χ0) is 15.1. The maximum atomic E-state index is 12.0. The van der Waals surface area contributed by atoms with Crippen LogP contribution in [0.4, 0.5) is 10.5 Å². The van der Waals surface area contributed by atoms with E-state index in [2.05, 4.69) is 5.32 Å². The number of rotatable bonds is 6. The molecule has 0 spiro atoms. The van der Waals surface area contributed by atoms with Gasteiger partial charge in [0.25, 0.3) is 0 Å². The summed E-state index contributed by atoms with van der Waals surface area (Å²) in [5.41, 5.74) is 1.21. The molecule has 110 valence electrons. The second kappa shape index (κ2) is 7.49. The van der Waals surface area contributed by atoms with Gasteiger partial charge in [0, 0.05) is 25.9 Å². The number of carboxylic acid groups (broad SMARTS) is 1. The van der Waals surface area contributed by atoms with Crippen LogP contribution in [0.2, 0.25) is 0 Å². The van der Waals surface area contributed by atoms with Crippen LogP contribution in [0.3, 0.4) is 0 Å². The molecule has 1 aromatic carbocycles. The first-order chi connectivity index (χ1) is 9.47. The van der Waals surface area contributed by atoms with Crippen LogP contribution in [0.15, 0.2) is 18.2 Å². The van der Waals surface area contributed by atoms with Crippen molar-refractivity contribution in [2.75, 3.05) is 32.1 Å². The van der Waals surface area contributed by atoms with Crippen LogP contribution < -0.4 is 5.32 Å². The molecular formula is C14H20N2O4. The van der Waals surface area contributed by atoms with Crippen molar-refractivity contribution < 1.29 is 19.4 Å². The summed E-state index contributed by atoms with van der Waals surface area (Å²) in [6, 6.07) is 4.49. The van der Waals surface area contributed by atoms with Gasteiger partial charge in [-0.1, -0.05) is 6.07 Å². The Morgan fingerprint density at radius 3 is 2.70 bits per heavy atom. The lowest BCUT2D eigenvalue weighted by molar-refractivity contribution is 0.0696. The Morgan fingerprint density at radius 2 is 2.10 bits per heavy atom. The Hall–Kier alpha value is -2.08. The smallest absolute Gasteiger partial charge is 0.336 e. The number of carboxylic acids is 1. The van der Waals surface area contributed by atoms with E-state index >= 15 is 0 Å². The molecule has 0 radical (unpaired) electrons. The summed E-state index contributed by atoms with van der Waals surface area (Å²) in [7, 11) is 1.66. The SMILES string of the molecule is CCOCCN(C)C(=O)Nc1cccc(C(=O)O)c1C. The van der Waals surface area contributed by atoms with E-state index in [0.29, 0.717) is 31.0 Å². The van der Waals surface area contributed by atoms with Gasteiger partial charge < -0.3 is 20.1 Å². The van der Waals surface area contributed by atoms with Crippen molar-refractivity contribution in [3.63, 3.8) is 0 Å². The van der Waals surface area contributed by atoms with E-state index in [0.717, 1.165) is 0 Å². The molecule has 0 aliphatic heterocycles. The quantitative estimate of drug-likeness (QED) is 0.783. The van der Waals surface area contributed by atoms with Gasteiger partial charge in [-0.05, 0) is 31.5 Å². The highest BCUT2D eigenvalue weighted by atomic mass is 16.5. The van der Waals surface area contributed by atoms with Gasteiger partial charge >= 0.3 is 12.0 Å². The topological polar surface area (TPSA) is 78.9 Å². The lowest BCUT2D eigenvalue weighted by Gasteiger charge is -2.19. The maximum Gasteiger partial charge on any atom is 0.336 e. The molecule has 20 heavy (non-hydrogen) atoms. The predicted molar refractivity (Wildman–Crippen MR) is 76.3 cm³/mol. The molecule has 0 unspecified atom stereocenters. The number of urea groups is 1. The van der Waals surface area contributed by atoms with Crippen molar-refractivity contribution in [1.82, 2.24) is 4.90 Å². The third-order valence-corrected chi connectivity index (χ3v) is 2.93. The Morgan fingerprint density at radius 1 is 1.40 bits per heavy atom. The molecule has 0 aliphatic rings. The number of hydrogen-bond donors (Lipinski definition) is 2. The molecule has 0 saturated heterocycles. The molecule has 0 aliphatic carbocycles. The zero-order valence-corrected chi connectivity index (χ0v) is 12.0. The number of carbonyl (C=O) groups excluding carboxylic acids is 1. The molecule has 6 heteroatoms. The van der Waals surface area contributed by atoms with E-state index in [-0.39, 0.29) is 11.6 Å². The largest absolute Gasteiger partial charge is 0.478 e. The Bertz CT molecular complexity index is 488. The Labute approximate surface area is 118 Å². The van der Waals surface area contributed by atoms with Crippen LogP contribution in [0, 0.1) is 6.92 Å². The average molecular weight is 280 g/mol. The van der Waals surface area contributed by atoms with Gasteiger partial charge in [-0.2, -0.15) is 0 Å². The van der Waals surface area contributed by atoms with Crippen LogP contribution >= 0.6 is 0 Å². The van der Waals surface area contributed by atoms with Crippen LogP contribution in [0.5, 0.6) is 0 Å². The van der Waals surface area contributed by atoms with Crippen LogP contribution in [0.25, 0.3) is 0 Å². The molecule has 0 bridgehead atoms. The molecule has 0 fully saturated rings. The fourth-order valence-corrected chi connectivity index (χ4v) is 1.66. The number of nitrogens with one attached hydrogen (secondary N) is 1. The van der Waals surface area contributed by atoms with E-state index < -0.39 is 5.97 Å². The fourth-order valence-electron chi connectivity index (χ4n) is 1.66. The van der Waals surface area contributed by atoms with E-state index in [1.165, 1.54) is 11.0 Å². The molecule has 0 heterocycles. The van der Waals surface area contributed by atoms with Gasteiger partial charge in [0.1, 0.15) is 0 Å². The standard InChI is InChI=1S/C14H20N2O4/c1-4-20-9-8-16(3)14(19)15-12-7-5-6-11(10(12)2)13(17)18/h5-7H,4,8-9H2,1-3H3,(H,15,19)(H,17,18). The first kappa shape index (κ1) is 16.0. The van der Waals surface area contributed by atoms with Gasteiger partial charge in [0.15, 0.2) is 0 Å². The highest BCUT2D eigenvalue weighted by Gasteiger charge is 2.13. The highest BCUT2D eigenvalue weighted by Crippen LogP contribution is 2.19. The number of hydrogen-bond acceptors (Lipinski definition) is 3. The normalized spacial score (nSPS) is 10.2. The predicted octanol–water partition coefficient (Wildman–Crippen LogP) is 2.19. The summed E-state index contributed by atoms with van der Waals surface area (Å²) >= 11 is 0. The first-order valence-corrected chi connectivity index (χ1v) is 6.40. The van der Waals surface area contributed by atoms with Crippen molar-refractivity contribution in [1.29, 1.82) is 0 Å². The van der Waals surface area contributed by atoms with E-state index in [9.17, 15) is 9.59 Å². The molecule has 2 amide bonds. The number of anilines is 1. The first-order valence-electron chi connectivity index (χ1n) is 6.40. The second-order valence-electron chi connectivity index (χ2n) is 4.33. The van der Waals surface area contributed by atoms with Crippen molar-refractivity contribution in [2.45, 2.75) is 13.8 Å². The number of carbonyl (C=O) groups is 2. The molecule has 1 aromatic rings.